The lowest BCUT2D eigenvalue weighted by molar-refractivity contribution is -0.385. The van der Waals surface area contributed by atoms with Crippen LogP contribution in [0.2, 0.25) is 0 Å². The molecule has 1 unspecified atom stereocenters. The van der Waals surface area contributed by atoms with E-state index in [0.29, 0.717) is 5.75 Å². The average Bonchev–Trinajstić information content (AvgIpc) is 3.29. The molecule has 0 radical (unpaired) electrons. The van der Waals surface area contributed by atoms with E-state index in [1.54, 1.807) is 6.07 Å². The Balaban J connectivity index is 2.12. The molecule has 0 amide bonds. The second kappa shape index (κ2) is 5.35. The molecule has 0 bridgehead atoms. The van der Waals surface area contributed by atoms with Gasteiger partial charge in [-0.1, -0.05) is 0 Å². The van der Waals surface area contributed by atoms with Gasteiger partial charge in [0.2, 0.25) is 0 Å². The van der Waals surface area contributed by atoms with E-state index >= 15 is 0 Å². The minimum absolute atomic E-state index is 0.0116. The summed E-state index contributed by atoms with van der Waals surface area (Å²) in [7, 11) is 1.36. The van der Waals surface area contributed by atoms with Crippen LogP contribution >= 0.6 is 0 Å². The molecule has 2 N–H and O–H groups in total. The van der Waals surface area contributed by atoms with Crippen molar-refractivity contribution in [3.05, 3.63) is 28.3 Å². The highest BCUT2D eigenvalue weighted by molar-refractivity contribution is 5.50. The molecule has 1 aliphatic rings. The van der Waals surface area contributed by atoms with Gasteiger partial charge in [0.25, 0.3) is 0 Å². The quantitative estimate of drug-likeness (QED) is 0.624. The van der Waals surface area contributed by atoms with Gasteiger partial charge in [0.05, 0.1) is 24.2 Å². The van der Waals surface area contributed by atoms with Crippen LogP contribution in [0.25, 0.3) is 0 Å². The number of methoxy groups -OCH3 is 1. The number of nitro groups is 1. The van der Waals surface area contributed by atoms with Crippen LogP contribution in [0.15, 0.2) is 18.2 Å². The Morgan fingerprint density at radius 1 is 1.60 bits per heavy atom. The maximum Gasteiger partial charge on any atom is 0.314 e. The van der Waals surface area contributed by atoms with Crippen LogP contribution in [0.5, 0.6) is 11.5 Å². The van der Waals surface area contributed by atoms with Crippen molar-refractivity contribution in [3.8, 4) is 17.6 Å². The predicted molar refractivity (Wildman–Crippen MR) is 70.4 cm³/mol. The molecule has 7 heteroatoms. The molecule has 0 aliphatic heterocycles. The Kier molecular flexibility index (Phi) is 3.77. The van der Waals surface area contributed by atoms with Gasteiger partial charge >= 0.3 is 5.69 Å². The first kappa shape index (κ1) is 14.1. The number of nitrogens with two attached hydrogens (primary N) is 1. The van der Waals surface area contributed by atoms with Crippen molar-refractivity contribution in [2.24, 2.45) is 11.7 Å². The molecular formula is C13H15N3O4. The van der Waals surface area contributed by atoms with Crippen LogP contribution in [0.4, 0.5) is 5.69 Å². The number of hydrogen-bond acceptors (Lipinski definition) is 6. The van der Waals surface area contributed by atoms with Crippen LogP contribution in [0.1, 0.15) is 12.8 Å². The third kappa shape index (κ3) is 2.81. The van der Waals surface area contributed by atoms with Crippen LogP contribution in [0.3, 0.4) is 0 Å². The highest BCUT2D eigenvalue weighted by Gasteiger charge is 2.43. The van der Waals surface area contributed by atoms with E-state index in [4.69, 9.17) is 20.5 Å². The molecule has 1 saturated carbocycles. The van der Waals surface area contributed by atoms with Crippen molar-refractivity contribution in [1.82, 2.24) is 0 Å². The lowest BCUT2D eigenvalue weighted by Gasteiger charge is -2.21. The Bertz CT molecular complexity index is 565. The van der Waals surface area contributed by atoms with Crippen molar-refractivity contribution in [2.45, 2.75) is 18.4 Å². The van der Waals surface area contributed by atoms with Gasteiger partial charge in [-0.25, -0.2) is 0 Å². The number of hydrogen-bond donors (Lipinski definition) is 1. The van der Waals surface area contributed by atoms with Gasteiger partial charge in [-0.3, -0.25) is 10.1 Å². The highest BCUT2D eigenvalue weighted by atomic mass is 16.6. The summed E-state index contributed by atoms with van der Waals surface area (Å²) in [5.74, 6) is 0.591. The molecule has 1 fully saturated rings. The second-order valence-corrected chi connectivity index (χ2v) is 4.81. The third-order valence-electron chi connectivity index (χ3n) is 3.34. The molecular weight excluding hydrogens is 262 g/mol. The molecule has 1 aromatic carbocycles. The molecule has 1 aromatic rings. The fourth-order valence-corrected chi connectivity index (χ4v) is 1.94. The van der Waals surface area contributed by atoms with Crippen LogP contribution < -0.4 is 15.2 Å². The largest absolute Gasteiger partial charge is 0.490 e. The summed E-state index contributed by atoms with van der Waals surface area (Å²) in [5.41, 5.74) is 4.74. The number of ether oxygens (including phenoxy) is 2. The van der Waals surface area contributed by atoms with E-state index in [1.165, 1.54) is 19.2 Å². The average molecular weight is 277 g/mol. The van der Waals surface area contributed by atoms with E-state index < -0.39 is 10.5 Å². The maximum absolute atomic E-state index is 10.9. The normalized spacial score (nSPS) is 16.9. The number of nitro benzene ring substituents is 1. The molecule has 0 saturated heterocycles. The lowest BCUT2D eigenvalue weighted by Crippen LogP contribution is -2.46. The predicted octanol–water partition coefficient (Wildman–Crippen LogP) is 1.61. The standard InChI is InChI=1S/C13H15N3O4/c1-19-12-5-4-10(6-11(12)16(17)18)20-8-13(15,7-14)9-2-3-9/h4-6,9H,2-3,8,15H2,1H3. The summed E-state index contributed by atoms with van der Waals surface area (Å²) in [6.45, 7) is 0.0116. The summed E-state index contributed by atoms with van der Waals surface area (Å²) in [6.07, 6.45) is 1.83. The Labute approximate surface area is 116 Å². The SMILES string of the molecule is COc1ccc(OCC(N)(C#N)C2CC2)cc1[N+](=O)[O-]. The first-order valence-electron chi connectivity index (χ1n) is 6.15. The van der Waals surface area contributed by atoms with Crippen LogP contribution in [-0.2, 0) is 0 Å². The lowest BCUT2D eigenvalue weighted by atomic mass is 9.98. The van der Waals surface area contributed by atoms with E-state index in [1.807, 2.05) is 0 Å². The highest BCUT2D eigenvalue weighted by Crippen LogP contribution is 2.38. The summed E-state index contributed by atoms with van der Waals surface area (Å²) >= 11 is 0. The maximum atomic E-state index is 10.9. The Morgan fingerprint density at radius 3 is 2.80 bits per heavy atom. The zero-order valence-corrected chi connectivity index (χ0v) is 11.0. The van der Waals surface area contributed by atoms with E-state index in [9.17, 15) is 10.1 Å². The summed E-state index contributed by atoms with van der Waals surface area (Å²) in [5, 5.41) is 20.0. The molecule has 0 aromatic heterocycles. The van der Waals surface area contributed by atoms with Crippen LogP contribution in [0, 0.1) is 27.4 Å². The second-order valence-electron chi connectivity index (χ2n) is 4.81. The van der Waals surface area contributed by atoms with E-state index in [0.717, 1.165) is 12.8 Å². The molecule has 1 aliphatic carbocycles. The van der Waals surface area contributed by atoms with Gasteiger partial charge in [-0.15, -0.1) is 0 Å². The van der Waals surface area contributed by atoms with Crippen LogP contribution in [-0.4, -0.2) is 24.2 Å². The first-order valence-corrected chi connectivity index (χ1v) is 6.15. The van der Waals surface area contributed by atoms with E-state index in [-0.39, 0.29) is 24.0 Å². The van der Waals surface area contributed by atoms with Crippen molar-refractivity contribution >= 4 is 5.69 Å². The van der Waals surface area contributed by atoms with Gasteiger partial charge in [-0.2, -0.15) is 5.26 Å². The molecule has 7 nitrogen and oxygen atoms in total. The number of rotatable bonds is 6. The zero-order valence-electron chi connectivity index (χ0n) is 11.0. The Morgan fingerprint density at radius 2 is 2.30 bits per heavy atom. The molecule has 20 heavy (non-hydrogen) atoms. The summed E-state index contributed by atoms with van der Waals surface area (Å²) in [6, 6.07) is 6.34. The molecule has 2 rings (SSSR count). The number of benzene rings is 1. The summed E-state index contributed by atoms with van der Waals surface area (Å²) in [4.78, 5) is 10.4. The first-order chi connectivity index (χ1) is 9.50. The number of nitriles is 1. The smallest absolute Gasteiger partial charge is 0.314 e. The van der Waals surface area contributed by atoms with Crippen molar-refractivity contribution in [3.63, 3.8) is 0 Å². The summed E-state index contributed by atoms with van der Waals surface area (Å²) < 4.78 is 10.3. The minimum atomic E-state index is -1.03. The van der Waals surface area contributed by atoms with Gasteiger partial charge in [0.15, 0.2) is 5.75 Å². The monoisotopic (exact) mass is 277 g/mol. The van der Waals surface area contributed by atoms with Crippen molar-refractivity contribution < 1.29 is 14.4 Å². The molecule has 106 valence electrons. The van der Waals surface area contributed by atoms with Gasteiger partial charge < -0.3 is 15.2 Å². The molecule has 0 heterocycles. The van der Waals surface area contributed by atoms with Crippen molar-refractivity contribution in [1.29, 1.82) is 5.26 Å². The molecule has 1 atom stereocenters. The van der Waals surface area contributed by atoms with Gasteiger partial charge in [0, 0.05) is 0 Å². The topological polar surface area (TPSA) is 111 Å². The van der Waals surface area contributed by atoms with Gasteiger partial charge in [-0.05, 0) is 30.9 Å². The number of nitrogens with zero attached hydrogens (tertiary/aromatic N) is 2. The fraction of sp³-hybridized carbons (Fsp3) is 0.462. The third-order valence-corrected chi connectivity index (χ3v) is 3.34. The zero-order chi connectivity index (χ0) is 14.8. The Hall–Kier alpha value is -2.33. The van der Waals surface area contributed by atoms with Gasteiger partial charge in [0.1, 0.15) is 17.9 Å². The van der Waals surface area contributed by atoms with Crippen molar-refractivity contribution in [2.75, 3.05) is 13.7 Å². The molecule has 0 spiro atoms. The van der Waals surface area contributed by atoms with E-state index in [2.05, 4.69) is 6.07 Å². The minimum Gasteiger partial charge on any atom is -0.490 e. The fourth-order valence-electron chi connectivity index (χ4n) is 1.94.